The molecule has 2 heterocycles. The van der Waals surface area contributed by atoms with E-state index >= 15 is 0 Å². The van der Waals surface area contributed by atoms with Crippen LogP contribution in [0.1, 0.15) is 33.1 Å². The van der Waals surface area contributed by atoms with Gasteiger partial charge in [-0.15, -0.1) is 0 Å². The molecule has 1 unspecified atom stereocenters. The van der Waals surface area contributed by atoms with Gasteiger partial charge in [0.1, 0.15) is 0 Å². The quantitative estimate of drug-likeness (QED) is 0.586. The highest BCUT2D eigenvalue weighted by atomic mass is 32.2. The molecule has 0 aromatic heterocycles. The summed E-state index contributed by atoms with van der Waals surface area (Å²) in [5.74, 6) is -0.394. The van der Waals surface area contributed by atoms with Gasteiger partial charge in [-0.3, -0.25) is 29.0 Å². The molecule has 1 atom stereocenters. The van der Waals surface area contributed by atoms with Crippen molar-refractivity contribution in [1.82, 2.24) is 9.80 Å². The van der Waals surface area contributed by atoms with Crippen LogP contribution in [0.2, 0.25) is 0 Å². The van der Waals surface area contributed by atoms with Crippen LogP contribution in [0.15, 0.2) is 12.2 Å². The molecule has 2 aliphatic heterocycles. The summed E-state index contributed by atoms with van der Waals surface area (Å²) in [7, 11) is 0. The van der Waals surface area contributed by atoms with E-state index < -0.39 is 0 Å². The molecule has 6 nitrogen and oxygen atoms in total. The zero-order valence-electron chi connectivity index (χ0n) is 14.7. The van der Waals surface area contributed by atoms with Gasteiger partial charge in [0.25, 0.3) is 11.8 Å². The van der Waals surface area contributed by atoms with Crippen LogP contribution in [0.25, 0.3) is 0 Å². The molecule has 8 heteroatoms. The molecular weight excluding hydrogens is 348 g/mol. The molecule has 1 fully saturated rings. The summed E-state index contributed by atoms with van der Waals surface area (Å²) in [6, 6.07) is 0. The molecule has 0 saturated carbocycles. The Bertz CT molecular complexity index is 476. The average molecular weight is 375 g/mol. The van der Waals surface area contributed by atoms with Crippen LogP contribution in [-0.2, 0) is 19.2 Å². The first-order valence-corrected chi connectivity index (χ1v) is 9.99. The molecule has 0 bridgehead atoms. The number of nitrogens with zero attached hydrogens (tertiary/aromatic N) is 2. The number of thiol groups is 1. The van der Waals surface area contributed by atoms with E-state index in [9.17, 15) is 19.2 Å². The predicted molar refractivity (Wildman–Crippen MR) is 100.0 cm³/mol. The lowest BCUT2D eigenvalue weighted by atomic mass is 10.4. The maximum atomic E-state index is 11.4. The van der Waals surface area contributed by atoms with E-state index in [2.05, 4.69) is 12.6 Å². The van der Waals surface area contributed by atoms with Gasteiger partial charge >= 0.3 is 0 Å². The summed E-state index contributed by atoms with van der Waals surface area (Å²) in [5, 5.41) is -0.121. The topological polar surface area (TPSA) is 74.8 Å². The van der Waals surface area contributed by atoms with Crippen LogP contribution in [-0.4, -0.2) is 64.3 Å². The maximum Gasteiger partial charge on any atom is 0.253 e. The van der Waals surface area contributed by atoms with Crippen molar-refractivity contribution in [3.05, 3.63) is 12.2 Å². The Balaban J connectivity index is 0.000000405. The molecule has 0 N–H and O–H groups in total. The van der Waals surface area contributed by atoms with Crippen molar-refractivity contribution in [2.24, 2.45) is 0 Å². The van der Waals surface area contributed by atoms with E-state index in [1.54, 1.807) is 6.26 Å². The van der Waals surface area contributed by atoms with Crippen molar-refractivity contribution in [3.8, 4) is 0 Å². The summed E-state index contributed by atoms with van der Waals surface area (Å²) in [5.41, 5.74) is 0. The third-order valence-electron chi connectivity index (χ3n) is 3.28. The van der Waals surface area contributed by atoms with Gasteiger partial charge in [0.2, 0.25) is 11.8 Å². The molecule has 2 aliphatic rings. The molecule has 0 aromatic rings. The number of amides is 4. The average Bonchev–Trinajstić information content (AvgIpc) is 3.05. The Kier molecular flexibility index (Phi) is 11.5. The molecule has 0 aliphatic carbocycles. The number of imide groups is 2. The number of hydrogen-bond donors (Lipinski definition) is 1. The van der Waals surface area contributed by atoms with E-state index in [0.29, 0.717) is 19.5 Å². The van der Waals surface area contributed by atoms with Crippen molar-refractivity contribution in [2.75, 3.05) is 25.6 Å². The van der Waals surface area contributed by atoms with Gasteiger partial charge in [0.15, 0.2) is 0 Å². The lowest BCUT2D eigenvalue weighted by molar-refractivity contribution is -0.139. The Morgan fingerprint density at radius 1 is 1.00 bits per heavy atom. The van der Waals surface area contributed by atoms with Crippen LogP contribution in [0.4, 0.5) is 0 Å². The molecular formula is C16H26N2O4S2. The van der Waals surface area contributed by atoms with Crippen LogP contribution in [0, 0.1) is 0 Å². The van der Waals surface area contributed by atoms with E-state index in [1.807, 2.05) is 20.1 Å². The zero-order chi connectivity index (χ0) is 18.7. The minimum Gasteiger partial charge on any atom is -0.282 e. The fourth-order valence-corrected chi connectivity index (χ4v) is 2.81. The van der Waals surface area contributed by atoms with E-state index in [1.165, 1.54) is 33.7 Å². The highest BCUT2D eigenvalue weighted by Crippen LogP contribution is 2.22. The molecule has 4 amide bonds. The Labute approximate surface area is 153 Å². The largest absolute Gasteiger partial charge is 0.282 e. The zero-order valence-corrected chi connectivity index (χ0v) is 16.4. The fourth-order valence-electron chi connectivity index (χ4n) is 2.17. The Morgan fingerprint density at radius 2 is 1.46 bits per heavy atom. The van der Waals surface area contributed by atoms with Crippen LogP contribution >= 0.6 is 24.4 Å². The standard InChI is InChI=1S/C8H13NO2S.C7H9NO2.CH4S/c1-3-4-9-7(10)5-6(12-2)8(9)11;1-2-5-8-6(9)3-4-7(8)10;1-2/h6H,3-5H2,1-2H3;3-4H,2,5H2,1H3;2H,1H3. The minimum absolute atomic E-state index is 0.00523. The number of thioether (sulfide) groups is 1. The number of rotatable bonds is 5. The van der Waals surface area contributed by atoms with Gasteiger partial charge in [-0.2, -0.15) is 24.4 Å². The summed E-state index contributed by atoms with van der Waals surface area (Å²) in [6.07, 6.45) is 8.22. The third-order valence-corrected chi connectivity index (χ3v) is 4.22. The first kappa shape index (κ1) is 22.7. The maximum absolute atomic E-state index is 11.4. The normalized spacial score (nSPS) is 19.3. The minimum atomic E-state index is -0.188. The first-order chi connectivity index (χ1) is 11.5. The molecule has 1 saturated heterocycles. The van der Waals surface area contributed by atoms with Gasteiger partial charge in [-0.05, 0) is 25.4 Å². The SMILES string of the molecule is CCCN1C(=O)C=CC1=O.CCCN1C(=O)CC(SC)C1=O.CS. The fraction of sp³-hybridized carbons (Fsp3) is 0.625. The third kappa shape index (κ3) is 6.32. The van der Waals surface area contributed by atoms with E-state index in [4.69, 9.17) is 0 Å². The van der Waals surface area contributed by atoms with Crippen molar-refractivity contribution >= 4 is 48.0 Å². The van der Waals surface area contributed by atoms with Crippen molar-refractivity contribution < 1.29 is 19.2 Å². The smallest absolute Gasteiger partial charge is 0.253 e. The molecule has 0 radical (unpaired) electrons. The van der Waals surface area contributed by atoms with Crippen molar-refractivity contribution in [1.29, 1.82) is 0 Å². The highest BCUT2D eigenvalue weighted by Gasteiger charge is 2.37. The molecule has 24 heavy (non-hydrogen) atoms. The molecule has 0 aromatic carbocycles. The summed E-state index contributed by atoms with van der Waals surface area (Å²) >= 11 is 4.99. The molecule has 136 valence electrons. The summed E-state index contributed by atoms with van der Waals surface area (Å²) < 4.78 is 0. The number of carbonyl (C=O) groups excluding carboxylic acids is 4. The van der Waals surface area contributed by atoms with Crippen molar-refractivity contribution in [3.63, 3.8) is 0 Å². The number of carbonyl (C=O) groups is 4. The second-order valence-electron chi connectivity index (χ2n) is 4.97. The monoisotopic (exact) mass is 374 g/mol. The Hall–Kier alpha value is -1.28. The summed E-state index contributed by atoms with van der Waals surface area (Å²) in [4.78, 5) is 46.9. The van der Waals surface area contributed by atoms with Crippen LogP contribution in [0.5, 0.6) is 0 Å². The lowest BCUT2D eigenvalue weighted by Crippen LogP contribution is -2.31. The van der Waals surface area contributed by atoms with Gasteiger partial charge < -0.3 is 0 Å². The molecule has 0 spiro atoms. The van der Waals surface area contributed by atoms with Gasteiger partial charge in [0.05, 0.1) is 5.25 Å². The second kappa shape index (κ2) is 12.1. The van der Waals surface area contributed by atoms with Gasteiger partial charge in [-0.25, -0.2) is 0 Å². The number of hydrogen-bond acceptors (Lipinski definition) is 6. The van der Waals surface area contributed by atoms with E-state index in [0.717, 1.165) is 12.8 Å². The van der Waals surface area contributed by atoms with Crippen molar-refractivity contribution in [2.45, 2.75) is 38.4 Å². The summed E-state index contributed by atoms with van der Waals surface area (Å²) in [6.45, 7) is 5.01. The van der Waals surface area contributed by atoms with Gasteiger partial charge in [-0.1, -0.05) is 13.8 Å². The van der Waals surface area contributed by atoms with Crippen LogP contribution < -0.4 is 0 Å². The molecule has 2 rings (SSSR count). The second-order valence-corrected chi connectivity index (χ2v) is 6.01. The first-order valence-electron chi connectivity index (χ1n) is 7.81. The van der Waals surface area contributed by atoms with E-state index in [-0.39, 0.29) is 28.9 Å². The van der Waals surface area contributed by atoms with Crippen LogP contribution in [0.3, 0.4) is 0 Å². The van der Waals surface area contributed by atoms with Gasteiger partial charge in [0, 0.05) is 31.7 Å². The lowest BCUT2D eigenvalue weighted by Gasteiger charge is -2.12. The number of likely N-dealkylation sites (tertiary alicyclic amines) is 1. The predicted octanol–water partition coefficient (Wildman–Crippen LogP) is 1.75. The Morgan fingerprint density at radius 3 is 1.83 bits per heavy atom. The highest BCUT2D eigenvalue weighted by molar-refractivity contribution is 8.00.